The molecule has 5 heteroatoms. The predicted molar refractivity (Wildman–Crippen MR) is 80.8 cm³/mol. The van der Waals surface area contributed by atoms with Gasteiger partial charge in [-0.3, -0.25) is 4.79 Å². The number of ether oxygens (including phenoxy) is 1. The van der Waals surface area contributed by atoms with Crippen LogP contribution in [0.4, 0.5) is 0 Å². The molecule has 2 aliphatic rings. The molecule has 0 radical (unpaired) electrons. The number of carbonyl (C=O) groups is 1. The maximum absolute atomic E-state index is 12.6. The van der Waals surface area contributed by atoms with E-state index in [0.29, 0.717) is 29.4 Å². The zero-order chi connectivity index (χ0) is 15.0. The summed E-state index contributed by atoms with van der Waals surface area (Å²) in [6.07, 6.45) is 3.57. The van der Waals surface area contributed by atoms with E-state index in [0.717, 1.165) is 25.7 Å². The number of halogens is 1. The number of hydrogen-bond donors (Lipinski definition) is 1. The molecule has 4 nitrogen and oxygen atoms in total. The molecule has 1 amide bonds. The molecular weight excluding hydrogens is 290 g/mol. The van der Waals surface area contributed by atoms with Gasteiger partial charge in [0.2, 0.25) is 0 Å². The van der Waals surface area contributed by atoms with Crippen LogP contribution in [0.15, 0.2) is 18.2 Å². The highest BCUT2D eigenvalue weighted by Gasteiger charge is 2.47. The molecule has 1 atom stereocenters. The van der Waals surface area contributed by atoms with Crippen LogP contribution in [0, 0.1) is 5.41 Å². The summed E-state index contributed by atoms with van der Waals surface area (Å²) >= 11 is 5.93. The Labute approximate surface area is 129 Å². The Hall–Kier alpha value is -1.26. The van der Waals surface area contributed by atoms with Crippen LogP contribution in [-0.2, 0) is 0 Å². The van der Waals surface area contributed by atoms with E-state index in [1.165, 1.54) is 0 Å². The van der Waals surface area contributed by atoms with Crippen molar-refractivity contribution in [3.8, 4) is 5.75 Å². The van der Waals surface area contributed by atoms with Gasteiger partial charge >= 0.3 is 0 Å². The first-order valence-corrected chi connectivity index (χ1v) is 7.74. The molecule has 1 saturated heterocycles. The molecule has 3 rings (SSSR count). The van der Waals surface area contributed by atoms with E-state index in [1.807, 2.05) is 4.90 Å². The SMILES string of the molecule is COc1cc(Cl)ccc1C(=O)N1CCC2(CC[C@@H]2O)CC1. The highest BCUT2D eigenvalue weighted by atomic mass is 35.5. The minimum Gasteiger partial charge on any atom is -0.496 e. The van der Waals surface area contributed by atoms with E-state index in [2.05, 4.69) is 0 Å². The van der Waals surface area contributed by atoms with Crippen molar-refractivity contribution in [3.05, 3.63) is 28.8 Å². The molecule has 1 aliphatic carbocycles. The van der Waals surface area contributed by atoms with Gasteiger partial charge < -0.3 is 14.7 Å². The third-order valence-electron chi connectivity index (χ3n) is 5.06. The third-order valence-corrected chi connectivity index (χ3v) is 5.30. The molecule has 2 fully saturated rings. The molecule has 114 valence electrons. The molecule has 1 aliphatic heterocycles. The van der Waals surface area contributed by atoms with Crippen LogP contribution < -0.4 is 4.74 Å². The van der Waals surface area contributed by atoms with Crippen LogP contribution in [0.2, 0.25) is 5.02 Å². The Morgan fingerprint density at radius 2 is 2.10 bits per heavy atom. The smallest absolute Gasteiger partial charge is 0.257 e. The summed E-state index contributed by atoms with van der Waals surface area (Å²) in [5, 5.41) is 10.5. The van der Waals surface area contributed by atoms with Crippen LogP contribution in [-0.4, -0.2) is 42.2 Å². The quantitative estimate of drug-likeness (QED) is 0.914. The maximum atomic E-state index is 12.6. The number of piperidine rings is 1. The highest BCUT2D eigenvalue weighted by Crippen LogP contribution is 2.49. The molecule has 1 N–H and O–H groups in total. The molecule has 0 unspecified atom stereocenters. The van der Waals surface area contributed by atoms with Crippen LogP contribution >= 0.6 is 11.6 Å². The second-order valence-corrected chi connectivity index (χ2v) is 6.49. The summed E-state index contributed by atoms with van der Waals surface area (Å²) in [7, 11) is 1.54. The fourth-order valence-electron chi connectivity index (χ4n) is 3.43. The molecule has 0 bridgehead atoms. The normalized spacial score (nSPS) is 23.8. The number of amides is 1. The zero-order valence-corrected chi connectivity index (χ0v) is 12.9. The summed E-state index contributed by atoms with van der Waals surface area (Å²) in [6, 6.07) is 5.08. The van der Waals surface area contributed by atoms with Crippen LogP contribution in [0.25, 0.3) is 0 Å². The van der Waals surface area contributed by atoms with E-state index in [-0.39, 0.29) is 17.4 Å². The lowest BCUT2D eigenvalue weighted by molar-refractivity contribution is -0.0952. The van der Waals surface area contributed by atoms with Crippen LogP contribution in [0.3, 0.4) is 0 Å². The Kier molecular flexibility index (Phi) is 3.84. The Balaban J connectivity index is 1.72. The molecule has 1 saturated carbocycles. The van der Waals surface area contributed by atoms with Crippen molar-refractivity contribution in [2.75, 3.05) is 20.2 Å². The van der Waals surface area contributed by atoms with E-state index < -0.39 is 0 Å². The number of aliphatic hydroxyl groups is 1. The Morgan fingerprint density at radius 1 is 1.38 bits per heavy atom. The fraction of sp³-hybridized carbons (Fsp3) is 0.562. The third kappa shape index (κ3) is 2.51. The van der Waals surface area contributed by atoms with Crippen LogP contribution in [0.1, 0.15) is 36.0 Å². The standard InChI is InChI=1S/C16H20ClNO3/c1-21-13-10-11(17)2-3-12(13)15(20)18-8-6-16(7-9-18)5-4-14(16)19/h2-3,10,14,19H,4-9H2,1H3/t14-/m0/s1. The Morgan fingerprint density at radius 3 is 2.62 bits per heavy atom. The Bertz CT molecular complexity index is 552. The monoisotopic (exact) mass is 309 g/mol. The van der Waals surface area contributed by atoms with Gasteiger partial charge in [-0.15, -0.1) is 0 Å². The molecular formula is C16H20ClNO3. The lowest BCUT2D eigenvalue weighted by atomic mass is 9.61. The zero-order valence-electron chi connectivity index (χ0n) is 12.1. The van der Waals surface area contributed by atoms with Crippen LogP contribution in [0.5, 0.6) is 5.75 Å². The first kappa shape index (κ1) is 14.7. The summed E-state index contributed by atoms with van der Waals surface area (Å²) < 4.78 is 5.26. The van der Waals surface area contributed by atoms with E-state index in [4.69, 9.17) is 16.3 Å². The second-order valence-electron chi connectivity index (χ2n) is 6.05. The van der Waals surface area contributed by atoms with E-state index in [9.17, 15) is 9.90 Å². The van der Waals surface area contributed by atoms with Gasteiger partial charge in [0.05, 0.1) is 18.8 Å². The van der Waals surface area contributed by atoms with E-state index in [1.54, 1.807) is 25.3 Å². The van der Waals surface area contributed by atoms with Gasteiger partial charge in [-0.25, -0.2) is 0 Å². The summed E-state index contributed by atoms with van der Waals surface area (Å²) in [4.78, 5) is 14.5. The molecule has 1 aromatic carbocycles. The number of rotatable bonds is 2. The van der Waals surface area contributed by atoms with Crippen molar-refractivity contribution in [2.45, 2.75) is 31.8 Å². The van der Waals surface area contributed by atoms with Crippen molar-refractivity contribution in [3.63, 3.8) is 0 Å². The topological polar surface area (TPSA) is 49.8 Å². The lowest BCUT2D eigenvalue weighted by Crippen LogP contribution is -2.53. The highest BCUT2D eigenvalue weighted by molar-refractivity contribution is 6.30. The molecule has 1 spiro atoms. The average molecular weight is 310 g/mol. The van der Waals surface area contributed by atoms with Gasteiger partial charge in [0.1, 0.15) is 5.75 Å². The average Bonchev–Trinajstić information content (AvgIpc) is 2.52. The first-order chi connectivity index (χ1) is 10.1. The van der Waals surface area contributed by atoms with Gasteiger partial charge in [0, 0.05) is 18.1 Å². The number of aliphatic hydroxyl groups excluding tert-OH is 1. The number of likely N-dealkylation sites (tertiary alicyclic amines) is 1. The maximum Gasteiger partial charge on any atom is 0.257 e. The van der Waals surface area contributed by atoms with E-state index >= 15 is 0 Å². The number of benzene rings is 1. The lowest BCUT2D eigenvalue weighted by Gasteiger charge is -2.51. The number of nitrogens with zero attached hydrogens (tertiary/aromatic N) is 1. The van der Waals surface area contributed by atoms with Gasteiger partial charge in [-0.1, -0.05) is 11.6 Å². The molecule has 21 heavy (non-hydrogen) atoms. The van der Waals surface area contributed by atoms with Crippen molar-refractivity contribution < 1.29 is 14.6 Å². The minimum atomic E-state index is -0.181. The summed E-state index contributed by atoms with van der Waals surface area (Å²) in [5.74, 6) is 0.489. The predicted octanol–water partition coefficient (Wildman–Crippen LogP) is 2.73. The van der Waals surface area contributed by atoms with Gasteiger partial charge in [0.25, 0.3) is 5.91 Å². The fourth-order valence-corrected chi connectivity index (χ4v) is 3.59. The van der Waals surface area contributed by atoms with Crippen molar-refractivity contribution in [2.24, 2.45) is 5.41 Å². The number of hydrogen-bond acceptors (Lipinski definition) is 3. The van der Waals surface area contributed by atoms with Crippen molar-refractivity contribution in [1.82, 2.24) is 4.90 Å². The minimum absolute atomic E-state index is 0.0211. The first-order valence-electron chi connectivity index (χ1n) is 7.37. The summed E-state index contributed by atoms with van der Waals surface area (Å²) in [6.45, 7) is 1.39. The van der Waals surface area contributed by atoms with Crippen molar-refractivity contribution >= 4 is 17.5 Å². The molecule has 0 aromatic heterocycles. The van der Waals surface area contributed by atoms with Gasteiger partial charge in [-0.05, 0) is 49.3 Å². The van der Waals surface area contributed by atoms with Crippen molar-refractivity contribution in [1.29, 1.82) is 0 Å². The number of methoxy groups -OCH3 is 1. The van der Waals surface area contributed by atoms with Gasteiger partial charge in [-0.2, -0.15) is 0 Å². The summed E-state index contributed by atoms with van der Waals surface area (Å²) in [5.41, 5.74) is 0.618. The molecule has 1 heterocycles. The largest absolute Gasteiger partial charge is 0.496 e. The second kappa shape index (κ2) is 5.50. The number of carbonyl (C=O) groups excluding carboxylic acids is 1. The molecule has 1 aromatic rings. The van der Waals surface area contributed by atoms with Gasteiger partial charge in [0.15, 0.2) is 0 Å².